The molecular weight excluding hydrogens is 280 g/mol. The molecule has 0 N–H and O–H groups in total. The summed E-state index contributed by atoms with van der Waals surface area (Å²) >= 11 is 0. The monoisotopic (exact) mass is 304 g/mol. The van der Waals surface area contributed by atoms with E-state index in [2.05, 4.69) is 11.8 Å². The van der Waals surface area contributed by atoms with E-state index in [1.165, 1.54) is 6.92 Å². The standard InChI is InChI=1S/C13H24N2O4S/c1-4-14-6-5-11-12(9-14)19-8-7-15(11)13(16)10(2)20(3,17)18/h10-12H,4-9H2,1-3H3/t10-,11+,12-/m0/s1. The van der Waals surface area contributed by atoms with Crippen LogP contribution in [-0.2, 0) is 19.4 Å². The van der Waals surface area contributed by atoms with Crippen molar-refractivity contribution in [3.05, 3.63) is 0 Å². The third-order valence-corrected chi connectivity index (χ3v) is 5.88. The van der Waals surface area contributed by atoms with Crippen molar-refractivity contribution in [2.45, 2.75) is 37.7 Å². The number of morpholine rings is 1. The van der Waals surface area contributed by atoms with Gasteiger partial charge >= 0.3 is 0 Å². The van der Waals surface area contributed by atoms with Gasteiger partial charge < -0.3 is 14.5 Å². The van der Waals surface area contributed by atoms with Gasteiger partial charge in [0.15, 0.2) is 9.84 Å². The molecule has 0 aromatic heterocycles. The lowest BCUT2D eigenvalue weighted by molar-refractivity contribution is -0.151. The Morgan fingerprint density at radius 1 is 1.40 bits per heavy atom. The lowest BCUT2D eigenvalue weighted by Gasteiger charge is -2.47. The molecule has 0 aliphatic carbocycles. The highest BCUT2D eigenvalue weighted by atomic mass is 32.2. The molecule has 2 saturated heterocycles. The smallest absolute Gasteiger partial charge is 0.241 e. The molecule has 3 atom stereocenters. The molecule has 0 saturated carbocycles. The zero-order valence-electron chi connectivity index (χ0n) is 12.4. The number of fused-ring (bicyclic) bond motifs is 1. The summed E-state index contributed by atoms with van der Waals surface area (Å²) in [4.78, 5) is 16.5. The second-order valence-electron chi connectivity index (χ2n) is 5.66. The Hall–Kier alpha value is -0.660. The molecular formula is C13H24N2O4S. The number of carbonyl (C=O) groups excluding carboxylic acids is 1. The summed E-state index contributed by atoms with van der Waals surface area (Å²) in [6.45, 7) is 7.28. The molecule has 2 rings (SSSR count). The molecule has 20 heavy (non-hydrogen) atoms. The van der Waals surface area contributed by atoms with Crippen LogP contribution < -0.4 is 0 Å². The quantitative estimate of drug-likeness (QED) is 0.719. The fraction of sp³-hybridized carbons (Fsp3) is 0.923. The fourth-order valence-corrected chi connectivity index (χ4v) is 3.44. The number of likely N-dealkylation sites (tertiary alicyclic amines) is 1. The van der Waals surface area contributed by atoms with Crippen molar-refractivity contribution in [3.63, 3.8) is 0 Å². The number of hydrogen-bond acceptors (Lipinski definition) is 5. The van der Waals surface area contributed by atoms with Crippen LogP contribution in [0.5, 0.6) is 0 Å². The van der Waals surface area contributed by atoms with E-state index in [1.54, 1.807) is 4.90 Å². The van der Waals surface area contributed by atoms with Crippen molar-refractivity contribution < 1.29 is 17.9 Å². The molecule has 0 aromatic carbocycles. The van der Waals surface area contributed by atoms with Crippen molar-refractivity contribution in [2.24, 2.45) is 0 Å². The first-order valence-corrected chi connectivity index (χ1v) is 9.13. The van der Waals surface area contributed by atoms with Crippen molar-refractivity contribution in [2.75, 3.05) is 39.0 Å². The normalized spacial score (nSPS) is 29.9. The average molecular weight is 304 g/mol. The van der Waals surface area contributed by atoms with E-state index in [0.29, 0.717) is 13.2 Å². The van der Waals surface area contributed by atoms with E-state index < -0.39 is 15.1 Å². The number of amides is 1. The molecule has 2 heterocycles. The van der Waals surface area contributed by atoms with Crippen LogP contribution in [-0.4, -0.2) is 80.6 Å². The topological polar surface area (TPSA) is 66.9 Å². The van der Waals surface area contributed by atoms with E-state index in [4.69, 9.17) is 4.74 Å². The molecule has 0 aromatic rings. The highest BCUT2D eigenvalue weighted by Crippen LogP contribution is 2.24. The Balaban J connectivity index is 2.11. The van der Waals surface area contributed by atoms with Crippen molar-refractivity contribution in [3.8, 4) is 0 Å². The van der Waals surface area contributed by atoms with Gasteiger partial charge in [-0.15, -0.1) is 0 Å². The number of piperidine rings is 1. The molecule has 116 valence electrons. The molecule has 2 aliphatic heterocycles. The van der Waals surface area contributed by atoms with Crippen LogP contribution >= 0.6 is 0 Å². The maximum absolute atomic E-state index is 12.4. The van der Waals surface area contributed by atoms with Crippen LogP contribution in [0.2, 0.25) is 0 Å². The number of rotatable bonds is 3. The van der Waals surface area contributed by atoms with Gasteiger partial charge in [0.1, 0.15) is 5.25 Å². The molecule has 1 amide bonds. The maximum Gasteiger partial charge on any atom is 0.241 e. The first-order valence-electron chi connectivity index (χ1n) is 7.18. The number of nitrogens with zero attached hydrogens (tertiary/aromatic N) is 2. The number of hydrogen-bond donors (Lipinski definition) is 0. The minimum Gasteiger partial charge on any atom is -0.373 e. The molecule has 0 bridgehead atoms. The van der Waals surface area contributed by atoms with Crippen LogP contribution in [0.4, 0.5) is 0 Å². The number of carbonyl (C=O) groups is 1. The molecule has 2 aliphatic rings. The first kappa shape index (κ1) is 15.7. The van der Waals surface area contributed by atoms with Crippen molar-refractivity contribution in [1.82, 2.24) is 9.80 Å². The number of likely N-dealkylation sites (N-methyl/N-ethyl adjacent to an activating group) is 1. The Morgan fingerprint density at radius 3 is 2.70 bits per heavy atom. The van der Waals surface area contributed by atoms with E-state index in [1.807, 2.05) is 0 Å². The summed E-state index contributed by atoms with van der Waals surface area (Å²) in [5.41, 5.74) is 0. The second-order valence-corrected chi connectivity index (χ2v) is 8.03. The summed E-state index contributed by atoms with van der Waals surface area (Å²) < 4.78 is 28.9. The predicted octanol–water partition coefficient (Wildman–Crippen LogP) is -0.259. The molecule has 7 heteroatoms. The summed E-state index contributed by atoms with van der Waals surface area (Å²) in [6, 6.07) is 0.0169. The zero-order chi connectivity index (χ0) is 14.9. The van der Waals surface area contributed by atoms with Gasteiger partial charge in [-0.2, -0.15) is 0 Å². The maximum atomic E-state index is 12.4. The van der Waals surface area contributed by atoms with Gasteiger partial charge in [-0.25, -0.2) is 8.42 Å². The predicted molar refractivity (Wildman–Crippen MR) is 76.3 cm³/mol. The lowest BCUT2D eigenvalue weighted by atomic mass is 9.98. The second kappa shape index (κ2) is 5.99. The minimum absolute atomic E-state index is 0.00756. The molecule has 6 nitrogen and oxygen atoms in total. The molecule has 0 radical (unpaired) electrons. The Bertz CT molecular complexity index is 465. The van der Waals surface area contributed by atoms with Crippen LogP contribution in [0, 0.1) is 0 Å². The average Bonchev–Trinajstić information content (AvgIpc) is 2.43. The van der Waals surface area contributed by atoms with Gasteiger partial charge in [0.2, 0.25) is 5.91 Å². The van der Waals surface area contributed by atoms with Gasteiger partial charge in [-0.1, -0.05) is 6.92 Å². The summed E-state index contributed by atoms with van der Waals surface area (Å²) in [6.07, 6.45) is 1.97. The largest absolute Gasteiger partial charge is 0.373 e. The molecule has 0 unspecified atom stereocenters. The highest BCUT2D eigenvalue weighted by Gasteiger charge is 2.41. The lowest BCUT2D eigenvalue weighted by Crippen LogP contribution is -2.62. The molecule has 2 fully saturated rings. The van der Waals surface area contributed by atoms with Gasteiger partial charge in [-0.3, -0.25) is 4.79 Å². The van der Waals surface area contributed by atoms with Gasteiger partial charge in [0.05, 0.1) is 18.8 Å². The van der Waals surface area contributed by atoms with Crippen molar-refractivity contribution in [1.29, 1.82) is 0 Å². The van der Waals surface area contributed by atoms with E-state index in [0.717, 1.165) is 32.3 Å². The zero-order valence-corrected chi connectivity index (χ0v) is 13.2. The first-order chi connectivity index (χ1) is 9.34. The fourth-order valence-electron chi connectivity index (χ4n) is 2.93. The van der Waals surface area contributed by atoms with E-state index >= 15 is 0 Å². The van der Waals surface area contributed by atoms with Crippen LogP contribution in [0.3, 0.4) is 0 Å². The van der Waals surface area contributed by atoms with Crippen LogP contribution in [0.1, 0.15) is 20.3 Å². The minimum atomic E-state index is -3.35. The van der Waals surface area contributed by atoms with Crippen LogP contribution in [0.15, 0.2) is 0 Å². The number of ether oxygens (including phenoxy) is 1. The van der Waals surface area contributed by atoms with Gasteiger partial charge in [-0.05, 0) is 19.9 Å². The van der Waals surface area contributed by atoms with Gasteiger partial charge in [0.25, 0.3) is 0 Å². The number of sulfone groups is 1. The summed E-state index contributed by atoms with van der Waals surface area (Å²) in [5.74, 6) is -0.282. The van der Waals surface area contributed by atoms with Crippen molar-refractivity contribution >= 4 is 15.7 Å². The Kier molecular flexibility index (Phi) is 4.71. The SMILES string of the molecule is CCN1CC[C@@H]2[C@H](C1)OCCN2C(=O)[C@H](C)S(C)(=O)=O. The summed E-state index contributed by atoms with van der Waals surface area (Å²) in [5, 5.41) is -0.967. The van der Waals surface area contributed by atoms with E-state index in [-0.39, 0.29) is 18.1 Å². The Morgan fingerprint density at radius 2 is 2.10 bits per heavy atom. The summed E-state index contributed by atoms with van der Waals surface area (Å²) in [7, 11) is -3.35. The van der Waals surface area contributed by atoms with Gasteiger partial charge in [0, 0.05) is 25.9 Å². The molecule has 0 spiro atoms. The van der Waals surface area contributed by atoms with Crippen LogP contribution in [0.25, 0.3) is 0 Å². The van der Waals surface area contributed by atoms with E-state index in [9.17, 15) is 13.2 Å². The third-order valence-electron chi connectivity index (χ3n) is 4.39. The highest BCUT2D eigenvalue weighted by molar-refractivity contribution is 7.92. The third kappa shape index (κ3) is 3.15. The Labute approximate surface area is 121 Å².